The Morgan fingerprint density at radius 2 is 0.817 bits per heavy atom. The molecule has 0 amide bonds. The summed E-state index contributed by atoms with van der Waals surface area (Å²) in [5, 5.41) is 72.2. The molecule has 2 aliphatic heterocycles. The van der Waals surface area contributed by atoms with Crippen LogP contribution in [0.3, 0.4) is 0 Å². The molecule has 7 N–H and O–H groups in total. The molecule has 4 unspecified atom stereocenters. The zero-order chi connectivity index (χ0) is 51.7. The van der Waals surface area contributed by atoms with E-state index in [2.05, 4.69) is 38.2 Å². The van der Waals surface area contributed by atoms with Gasteiger partial charge in [-0.3, -0.25) is 9.59 Å². The van der Waals surface area contributed by atoms with E-state index in [4.69, 9.17) is 28.4 Å². The van der Waals surface area contributed by atoms with E-state index < -0.39 is 99.3 Å². The van der Waals surface area contributed by atoms with E-state index in [0.29, 0.717) is 19.3 Å². The van der Waals surface area contributed by atoms with Crippen LogP contribution in [0.5, 0.6) is 0 Å². The van der Waals surface area contributed by atoms with Gasteiger partial charge in [0.2, 0.25) is 0 Å². The summed E-state index contributed by atoms with van der Waals surface area (Å²) in [6.45, 7) is 2.56. The SMILES string of the molecule is CCCCC/C=C/CCCCCCCC(=O)OC[C@H](CO[C@H]1O[C@@H](CO[C@H]2O[C@@H](CO)[C@@H](O)C(O)C2O)[C@@H](O)C(O)C1O)OC(=O)CCC/C=C/CCCCCCCCCCCCCCCCCCCC. The zero-order valence-corrected chi connectivity index (χ0v) is 44.2. The van der Waals surface area contributed by atoms with Crippen molar-refractivity contribution in [3.05, 3.63) is 24.3 Å². The monoisotopic (exact) mass is 1010 g/mol. The first-order valence-electron chi connectivity index (χ1n) is 28.4. The molecule has 15 nitrogen and oxygen atoms in total. The number of rotatable bonds is 45. The molecule has 71 heavy (non-hydrogen) atoms. The number of hydrogen-bond donors (Lipinski definition) is 7. The highest BCUT2D eigenvalue weighted by Crippen LogP contribution is 2.27. The van der Waals surface area contributed by atoms with Gasteiger partial charge >= 0.3 is 11.9 Å². The van der Waals surface area contributed by atoms with Gasteiger partial charge in [-0.25, -0.2) is 0 Å². The fraction of sp³-hybridized carbons (Fsp3) is 0.893. The Hall–Kier alpha value is -2.02. The third-order valence-corrected chi connectivity index (χ3v) is 13.7. The Morgan fingerprint density at radius 3 is 1.31 bits per heavy atom. The Balaban J connectivity index is 1.74. The highest BCUT2D eigenvalue weighted by atomic mass is 16.7. The fourth-order valence-electron chi connectivity index (χ4n) is 8.98. The Labute approximate surface area is 428 Å². The molecule has 0 aromatic rings. The molecular weight excluding hydrogens is 913 g/mol. The van der Waals surface area contributed by atoms with Crippen LogP contribution in [0.4, 0.5) is 0 Å². The Kier molecular flexibility index (Phi) is 39.6. The third-order valence-electron chi connectivity index (χ3n) is 13.7. The summed E-state index contributed by atoms with van der Waals surface area (Å²) < 4.78 is 33.6. The van der Waals surface area contributed by atoms with E-state index >= 15 is 0 Å². The van der Waals surface area contributed by atoms with E-state index in [0.717, 1.165) is 51.4 Å². The number of unbranched alkanes of at least 4 members (excludes halogenated alkanes) is 27. The molecule has 11 atom stereocenters. The third kappa shape index (κ3) is 30.8. The summed E-state index contributed by atoms with van der Waals surface area (Å²) in [6, 6.07) is 0. The van der Waals surface area contributed by atoms with Gasteiger partial charge < -0.3 is 64.2 Å². The largest absolute Gasteiger partial charge is 0.462 e. The average molecular weight is 1020 g/mol. The molecule has 2 fully saturated rings. The molecule has 0 spiro atoms. The number of aliphatic hydroxyl groups excluding tert-OH is 7. The van der Waals surface area contributed by atoms with Gasteiger partial charge in [-0.05, 0) is 57.8 Å². The van der Waals surface area contributed by atoms with Crippen molar-refractivity contribution in [2.45, 2.75) is 293 Å². The van der Waals surface area contributed by atoms with E-state index in [1.807, 2.05) is 0 Å². The van der Waals surface area contributed by atoms with Gasteiger partial charge in [-0.1, -0.05) is 179 Å². The highest BCUT2D eigenvalue weighted by molar-refractivity contribution is 5.70. The van der Waals surface area contributed by atoms with Crippen molar-refractivity contribution in [1.29, 1.82) is 0 Å². The van der Waals surface area contributed by atoms with Gasteiger partial charge in [0.15, 0.2) is 18.7 Å². The van der Waals surface area contributed by atoms with E-state index in [-0.39, 0.29) is 19.4 Å². The Morgan fingerprint density at radius 1 is 0.437 bits per heavy atom. The molecule has 2 saturated heterocycles. The first kappa shape index (κ1) is 65.1. The molecule has 2 heterocycles. The van der Waals surface area contributed by atoms with Crippen LogP contribution in [0.1, 0.15) is 226 Å². The second-order valence-corrected chi connectivity index (χ2v) is 20.1. The van der Waals surface area contributed by atoms with Crippen LogP contribution in [-0.2, 0) is 38.0 Å². The number of carbonyl (C=O) groups is 2. The average Bonchev–Trinajstić information content (AvgIpc) is 3.36. The topological polar surface area (TPSA) is 231 Å². The molecule has 0 aromatic carbocycles. The maximum absolute atomic E-state index is 13.0. The number of allylic oxidation sites excluding steroid dienone is 4. The normalized spacial score (nSPS) is 25.3. The van der Waals surface area contributed by atoms with Crippen LogP contribution < -0.4 is 0 Å². The molecule has 2 aliphatic rings. The molecule has 15 heteroatoms. The van der Waals surface area contributed by atoms with Gasteiger partial charge in [0.05, 0.1) is 19.8 Å². The molecule has 0 bridgehead atoms. The zero-order valence-electron chi connectivity index (χ0n) is 44.2. The highest BCUT2D eigenvalue weighted by Gasteiger charge is 2.47. The molecule has 0 aromatic heterocycles. The van der Waals surface area contributed by atoms with E-state index in [1.54, 1.807) is 0 Å². The summed E-state index contributed by atoms with van der Waals surface area (Å²) in [5.74, 6) is -0.965. The van der Waals surface area contributed by atoms with Gasteiger partial charge in [0, 0.05) is 12.8 Å². The summed E-state index contributed by atoms with van der Waals surface area (Å²) in [5.41, 5.74) is 0. The minimum absolute atomic E-state index is 0.119. The van der Waals surface area contributed by atoms with Crippen molar-refractivity contribution in [2.24, 2.45) is 0 Å². The second kappa shape index (κ2) is 43.2. The van der Waals surface area contributed by atoms with Crippen molar-refractivity contribution in [3.63, 3.8) is 0 Å². The maximum Gasteiger partial charge on any atom is 0.306 e. The van der Waals surface area contributed by atoms with Crippen LogP contribution >= 0.6 is 0 Å². The lowest BCUT2D eigenvalue weighted by molar-refractivity contribution is -0.332. The minimum atomic E-state index is -1.77. The molecule has 0 saturated carbocycles. The summed E-state index contributed by atoms with van der Waals surface area (Å²) >= 11 is 0. The van der Waals surface area contributed by atoms with Gasteiger partial charge in [-0.2, -0.15) is 0 Å². The summed E-state index contributed by atoms with van der Waals surface area (Å²) in [4.78, 5) is 25.8. The van der Waals surface area contributed by atoms with Crippen molar-refractivity contribution in [2.75, 3.05) is 26.4 Å². The number of carbonyl (C=O) groups excluding carboxylic acids is 2. The van der Waals surface area contributed by atoms with Crippen LogP contribution in [0.2, 0.25) is 0 Å². The first-order chi connectivity index (χ1) is 34.5. The maximum atomic E-state index is 13.0. The van der Waals surface area contributed by atoms with Crippen molar-refractivity contribution in [3.8, 4) is 0 Å². The van der Waals surface area contributed by atoms with E-state index in [1.165, 1.54) is 128 Å². The predicted molar refractivity (Wildman–Crippen MR) is 275 cm³/mol. The van der Waals surface area contributed by atoms with Crippen LogP contribution in [0.25, 0.3) is 0 Å². The Bertz CT molecular complexity index is 1330. The smallest absolute Gasteiger partial charge is 0.306 e. The van der Waals surface area contributed by atoms with Crippen molar-refractivity contribution in [1.82, 2.24) is 0 Å². The predicted octanol–water partition coefficient (Wildman–Crippen LogP) is 9.11. The minimum Gasteiger partial charge on any atom is -0.462 e. The van der Waals surface area contributed by atoms with Crippen molar-refractivity contribution >= 4 is 11.9 Å². The molecule has 416 valence electrons. The number of esters is 2. The van der Waals surface area contributed by atoms with Crippen LogP contribution in [-0.4, -0.2) is 142 Å². The van der Waals surface area contributed by atoms with Crippen LogP contribution in [0.15, 0.2) is 24.3 Å². The standard InChI is InChI=1S/C56H102O15/c1-3-5-7-9-11-13-15-17-18-19-20-21-22-23-24-25-26-27-29-31-33-35-37-39-48(59)69-44(41-66-47(58)38-36-34-32-30-28-16-14-12-10-8-6-4-2)42-67-55-54(65)52(63)50(61)46(71-55)43-68-56-53(64)51(62)49(60)45(40-57)70-56/h12,14,31,33,44-46,49-57,60-65H,3-11,13,15-30,32,34-43H2,1-2H3/b14-12+,33-31+/t44-,45+,46+,49-,50-,51?,52?,53?,54?,55+,56+/m1/s1. The summed E-state index contributed by atoms with van der Waals surface area (Å²) in [7, 11) is 0. The van der Waals surface area contributed by atoms with Gasteiger partial charge in [0.1, 0.15) is 55.4 Å². The number of aliphatic hydroxyl groups is 7. The van der Waals surface area contributed by atoms with Crippen LogP contribution in [0, 0.1) is 0 Å². The fourth-order valence-corrected chi connectivity index (χ4v) is 8.98. The molecular formula is C56H102O15. The first-order valence-corrected chi connectivity index (χ1v) is 28.4. The lowest BCUT2D eigenvalue weighted by Crippen LogP contribution is -2.61. The molecule has 0 aliphatic carbocycles. The molecule has 2 rings (SSSR count). The number of hydrogen-bond acceptors (Lipinski definition) is 15. The van der Waals surface area contributed by atoms with E-state index in [9.17, 15) is 45.3 Å². The number of ether oxygens (including phenoxy) is 6. The van der Waals surface area contributed by atoms with Gasteiger partial charge in [-0.15, -0.1) is 0 Å². The lowest BCUT2D eigenvalue weighted by Gasteiger charge is -2.42. The second-order valence-electron chi connectivity index (χ2n) is 20.1. The quantitative estimate of drug-likeness (QED) is 0.0171. The van der Waals surface area contributed by atoms with Crippen molar-refractivity contribution < 1.29 is 73.8 Å². The summed E-state index contributed by atoms with van der Waals surface area (Å²) in [6.07, 6.45) is 29.4. The molecule has 0 radical (unpaired) electrons. The lowest BCUT2D eigenvalue weighted by atomic mass is 9.98. The van der Waals surface area contributed by atoms with Gasteiger partial charge in [0.25, 0.3) is 0 Å².